The van der Waals surface area contributed by atoms with Gasteiger partial charge in [-0.2, -0.15) is 0 Å². The Labute approximate surface area is 156 Å². The second kappa shape index (κ2) is 12.5. The Bertz CT molecular complexity index is 388. The van der Waals surface area contributed by atoms with Gasteiger partial charge < -0.3 is 5.11 Å². The summed E-state index contributed by atoms with van der Waals surface area (Å²) in [5.74, 6) is 2.80. The molecule has 4 atom stereocenters. The van der Waals surface area contributed by atoms with Crippen molar-refractivity contribution in [2.24, 2.45) is 23.7 Å². The maximum atomic E-state index is 10.6. The molecule has 146 valence electrons. The van der Waals surface area contributed by atoms with Gasteiger partial charge in [0, 0.05) is 6.42 Å². The van der Waals surface area contributed by atoms with Crippen LogP contribution in [0.25, 0.3) is 0 Å². The topological polar surface area (TPSA) is 37.3 Å². The first-order valence-electron chi connectivity index (χ1n) is 10.8. The summed E-state index contributed by atoms with van der Waals surface area (Å²) in [5, 5.41) is 8.72. The summed E-state index contributed by atoms with van der Waals surface area (Å²) in [6.45, 7) is 11.4. The molecule has 2 heteroatoms. The SMILES string of the molecule is C=C(CCC)CCCC(C)C1CCCC1C(C)CCCCCC(=O)O. The summed E-state index contributed by atoms with van der Waals surface area (Å²) in [6.07, 6.45) is 15.3. The number of carboxylic acids is 1. The van der Waals surface area contributed by atoms with E-state index in [0.29, 0.717) is 6.42 Å². The molecule has 2 nitrogen and oxygen atoms in total. The Kier molecular flexibility index (Phi) is 11.2. The minimum Gasteiger partial charge on any atom is -0.481 e. The van der Waals surface area contributed by atoms with E-state index in [1.165, 1.54) is 69.8 Å². The third-order valence-corrected chi connectivity index (χ3v) is 6.43. The normalized spacial score (nSPS) is 22.7. The van der Waals surface area contributed by atoms with Crippen LogP contribution in [0.2, 0.25) is 0 Å². The number of unbranched alkanes of at least 4 members (excludes halogenated alkanes) is 2. The maximum absolute atomic E-state index is 10.6. The fourth-order valence-electron chi connectivity index (χ4n) is 4.93. The van der Waals surface area contributed by atoms with Crippen LogP contribution in [0.3, 0.4) is 0 Å². The van der Waals surface area contributed by atoms with Gasteiger partial charge in [-0.1, -0.05) is 71.4 Å². The number of hydrogen-bond acceptors (Lipinski definition) is 1. The van der Waals surface area contributed by atoms with Gasteiger partial charge >= 0.3 is 5.97 Å². The Morgan fingerprint density at radius 3 is 2.12 bits per heavy atom. The van der Waals surface area contributed by atoms with Crippen molar-refractivity contribution in [3.63, 3.8) is 0 Å². The van der Waals surface area contributed by atoms with Crippen LogP contribution in [-0.2, 0) is 4.79 Å². The lowest BCUT2D eigenvalue weighted by Gasteiger charge is -2.30. The molecule has 0 heterocycles. The van der Waals surface area contributed by atoms with Crippen molar-refractivity contribution in [3.8, 4) is 0 Å². The molecule has 0 bridgehead atoms. The highest BCUT2D eigenvalue weighted by Crippen LogP contribution is 2.44. The molecular formula is C23H42O2. The Hall–Kier alpha value is -0.790. The summed E-state index contributed by atoms with van der Waals surface area (Å²) in [7, 11) is 0. The molecule has 0 aromatic heterocycles. The number of rotatable bonds is 14. The van der Waals surface area contributed by atoms with Gasteiger partial charge in [0.2, 0.25) is 0 Å². The molecule has 0 aromatic carbocycles. The Balaban J connectivity index is 2.28. The predicted octanol–water partition coefficient (Wildman–Crippen LogP) is 7.24. The molecule has 1 rings (SSSR count). The molecule has 0 aromatic rings. The number of carbonyl (C=O) groups is 1. The van der Waals surface area contributed by atoms with E-state index in [9.17, 15) is 4.79 Å². The van der Waals surface area contributed by atoms with Crippen LogP contribution in [0, 0.1) is 23.7 Å². The first-order valence-corrected chi connectivity index (χ1v) is 10.8. The van der Waals surface area contributed by atoms with Gasteiger partial charge in [0.05, 0.1) is 0 Å². The standard InChI is InChI=1S/C23H42O2/c1-5-11-18(2)12-9-14-20(4)22-16-10-15-21(22)19(3)13-7-6-8-17-23(24)25/h19-22H,2,5-17H2,1,3-4H3,(H,24,25). The van der Waals surface area contributed by atoms with Gasteiger partial charge in [0.1, 0.15) is 0 Å². The zero-order valence-corrected chi connectivity index (χ0v) is 17.1. The van der Waals surface area contributed by atoms with Crippen LogP contribution in [-0.4, -0.2) is 11.1 Å². The minimum absolute atomic E-state index is 0.334. The third-order valence-electron chi connectivity index (χ3n) is 6.43. The number of allylic oxidation sites excluding steroid dienone is 1. The highest BCUT2D eigenvalue weighted by Gasteiger charge is 2.34. The smallest absolute Gasteiger partial charge is 0.303 e. The summed E-state index contributed by atoms with van der Waals surface area (Å²) in [6, 6.07) is 0. The lowest BCUT2D eigenvalue weighted by atomic mass is 9.75. The molecule has 0 saturated heterocycles. The maximum Gasteiger partial charge on any atom is 0.303 e. The molecule has 1 fully saturated rings. The van der Waals surface area contributed by atoms with Crippen LogP contribution in [0.1, 0.15) is 104 Å². The van der Waals surface area contributed by atoms with Crippen LogP contribution < -0.4 is 0 Å². The molecule has 1 aliphatic carbocycles. The van der Waals surface area contributed by atoms with Crippen LogP contribution in [0.5, 0.6) is 0 Å². The molecule has 25 heavy (non-hydrogen) atoms. The van der Waals surface area contributed by atoms with Gasteiger partial charge in [-0.3, -0.25) is 4.79 Å². The predicted molar refractivity (Wildman–Crippen MR) is 108 cm³/mol. The molecule has 0 radical (unpaired) electrons. The van der Waals surface area contributed by atoms with Gasteiger partial charge in [-0.15, -0.1) is 0 Å². The zero-order chi connectivity index (χ0) is 18.7. The van der Waals surface area contributed by atoms with Crippen LogP contribution in [0.4, 0.5) is 0 Å². The van der Waals surface area contributed by atoms with Crippen LogP contribution in [0.15, 0.2) is 12.2 Å². The summed E-state index contributed by atoms with van der Waals surface area (Å²) >= 11 is 0. The quantitative estimate of drug-likeness (QED) is 0.265. The van der Waals surface area contributed by atoms with E-state index in [0.717, 1.165) is 36.5 Å². The highest BCUT2D eigenvalue weighted by atomic mass is 16.4. The minimum atomic E-state index is -0.653. The van der Waals surface area contributed by atoms with E-state index in [4.69, 9.17) is 5.11 Å². The molecule has 0 spiro atoms. The monoisotopic (exact) mass is 350 g/mol. The second-order valence-electron chi connectivity index (χ2n) is 8.60. The van der Waals surface area contributed by atoms with E-state index >= 15 is 0 Å². The summed E-state index contributed by atoms with van der Waals surface area (Å²) in [4.78, 5) is 10.6. The lowest BCUT2D eigenvalue weighted by Crippen LogP contribution is -2.22. The van der Waals surface area contributed by atoms with Crippen molar-refractivity contribution >= 4 is 5.97 Å². The molecule has 4 unspecified atom stereocenters. The lowest BCUT2D eigenvalue weighted by molar-refractivity contribution is -0.137. The molecule has 0 aliphatic heterocycles. The van der Waals surface area contributed by atoms with E-state index in [2.05, 4.69) is 27.4 Å². The van der Waals surface area contributed by atoms with E-state index in [1.54, 1.807) is 0 Å². The van der Waals surface area contributed by atoms with Gasteiger partial charge in [-0.25, -0.2) is 0 Å². The van der Waals surface area contributed by atoms with Crippen molar-refractivity contribution in [2.45, 2.75) is 104 Å². The van der Waals surface area contributed by atoms with Crippen molar-refractivity contribution in [1.82, 2.24) is 0 Å². The Morgan fingerprint density at radius 2 is 1.56 bits per heavy atom. The molecule has 1 N–H and O–H groups in total. The molecule has 0 amide bonds. The van der Waals surface area contributed by atoms with Crippen molar-refractivity contribution < 1.29 is 9.90 Å². The number of hydrogen-bond donors (Lipinski definition) is 1. The van der Waals surface area contributed by atoms with Crippen molar-refractivity contribution in [3.05, 3.63) is 12.2 Å². The average Bonchev–Trinajstić information content (AvgIpc) is 3.04. The van der Waals surface area contributed by atoms with E-state index in [-0.39, 0.29) is 0 Å². The fourth-order valence-corrected chi connectivity index (χ4v) is 4.93. The molecule has 1 saturated carbocycles. The number of aliphatic carboxylic acids is 1. The first kappa shape index (κ1) is 22.3. The van der Waals surface area contributed by atoms with E-state index < -0.39 is 5.97 Å². The van der Waals surface area contributed by atoms with E-state index in [1.807, 2.05) is 0 Å². The third kappa shape index (κ3) is 8.92. The largest absolute Gasteiger partial charge is 0.481 e. The average molecular weight is 351 g/mol. The van der Waals surface area contributed by atoms with Crippen molar-refractivity contribution in [2.75, 3.05) is 0 Å². The van der Waals surface area contributed by atoms with Gasteiger partial charge in [-0.05, 0) is 62.2 Å². The number of carboxylic acid groups (broad SMARTS) is 1. The zero-order valence-electron chi connectivity index (χ0n) is 17.1. The van der Waals surface area contributed by atoms with Crippen LogP contribution >= 0.6 is 0 Å². The molecular weight excluding hydrogens is 308 g/mol. The van der Waals surface area contributed by atoms with Gasteiger partial charge in [0.15, 0.2) is 0 Å². The first-order chi connectivity index (χ1) is 12.0. The Morgan fingerprint density at radius 1 is 0.960 bits per heavy atom. The summed E-state index contributed by atoms with van der Waals surface area (Å²) < 4.78 is 0. The highest BCUT2D eigenvalue weighted by molar-refractivity contribution is 5.66. The second-order valence-corrected chi connectivity index (χ2v) is 8.60. The van der Waals surface area contributed by atoms with Gasteiger partial charge in [0.25, 0.3) is 0 Å². The molecule has 1 aliphatic rings. The summed E-state index contributed by atoms with van der Waals surface area (Å²) in [5.41, 5.74) is 1.44. The fraction of sp³-hybridized carbons (Fsp3) is 0.870. The van der Waals surface area contributed by atoms with Crippen molar-refractivity contribution in [1.29, 1.82) is 0 Å².